The van der Waals surface area contributed by atoms with Gasteiger partial charge in [0.25, 0.3) is 0 Å². The SMILES string of the molecule is CN1CCN(Cc2c(C(=O)NN)oc3ccccc23)C1=O. The van der Waals surface area contributed by atoms with Crippen molar-refractivity contribution >= 4 is 22.9 Å². The lowest BCUT2D eigenvalue weighted by Crippen LogP contribution is -2.32. The fourth-order valence-electron chi connectivity index (χ4n) is 2.55. The molecule has 7 heteroatoms. The van der Waals surface area contributed by atoms with Crippen molar-refractivity contribution in [2.75, 3.05) is 20.1 Å². The van der Waals surface area contributed by atoms with E-state index in [2.05, 4.69) is 5.43 Å². The number of hydrogen-bond acceptors (Lipinski definition) is 4. The number of hydrazine groups is 1. The van der Waals surface area contributed by atoms with Gasteiger partial charge >= 0.3 is 11.9 Å². The molecule has 3 amide bonds. The summed E-state index contributed by atoms with van der Waals surface area (Å²) in [4.78, 5) is 27.2. The van der Waals surface area contributed by atoms with Crippen molar-refractivity contribution in [3.8, 4) is 0 Å². The van der Waals surface area contributed by atoms with E-state index < -0.39 is 5.91 Å². The zero-order valence-electron chi connectivity index (χ0n) is 11.6. The summed E-state index contributed by atoms with van der Waals surface area (Å²) in [5.74, 6) is 4.86. The van der Waals surface area contributed by atoms with Gasteiger partial charge in [-0.1, -0.05) is 18.2 Å². The summed E-state index contributed by atoms with van der Waals surface area (Å²) in [6.45, 7) is 1.62. The minimum absolute atomic E-state index is 0.0561. The molecule has 1 saturated heterocycles. The highest BCUT2D eigenvalue weighted by atomic mass is 16.3. The van der Waals surface area contributed by atoms with E-state index in [0.717, 1.165) is 5.39 Å². The number of fused-ring (bicyclic) bond motifs is 1. The van der Waals surface area contributed by atoms with Crippen LogP contribution in [0.5, 0.6) is 0 Å². The van der Waals surface area contributed by atoms with Crippen LogP contribution in [0.4, 0.5) is 4.79 Å². The van der Waals surface area contributed by atoms with Crippen molar-refractivity contribution in [1.82, 2.24) is 15.2 Å². The number of nitrogen functional groups attached to an aromatic ring is 1. The first-order chi connectivity index (χ1) is 10.1. The van der Waals surface area contributed by atoms with Gasteiger partial charge in [0.15, 0.2) is 5.76 Å². The Bertz CT molecular complexity index is 709. The number of nitrogens with two attached hydrogens (primary N) is 1. The molecule has 1 aliphatic rings. The average molecular weight is 288 g/mol. The molecule has 3 N–H and O–H groups in total. The molecular weight excluding hydrogens is 272 g/mol. The van der Waals surface area contributed by atoms with Crippen molar-refractivity contribution < 1.29 is 14.0 Å². The quantitative estimate of drug-likeness (QED) is 0.499. The summed E-state index contributed by atoms with van der Waals surface area (Å²) in [6, 6.07) is 7.28. The number of nitrogens with zero attached hydrogens (tertiary/aromatic N) is 2. The summed E-state index contributed by atoms with van der Waals surface area (Å²) in [5, 5.41) is 0.818. The smallest absolute Gasteiger partial charge is 0.320 e. The van der Waals surface area contributed by atoms with Crippen LogP contribution < -0.4 is 11.3 Å². The lowest BCUT2D eigenvalue weighted by Gasteiger charge is -2.15. The molecule has 0 aliphatic carbocycles. The lowest BCUT2D eigenvalue weighted by molar-refractivity contribution is 0.0925. The third-order valence-corrected chi connectivity index (χ3v) is 3.69. The summed E-state index contributed by atoms with van der Waals surface area (Å²) in [5.41, 5.74) is 3.36. The number of likely N-dealkylation sites (N-methyl/N-ethyl adjacent to an activating group) is 1. The zero-order valence-corrected chi connectivity index (χ0v) is 11.6. The van der Waals surface area contributed by atoms with Crippen LogP contribution in [0.2, 0.25) is 0 Å². The minimum Gasteiger partial charge on any atom is -0.450 e. The second kappa shape index (κ2) is 5.10. The van der Waals surface area contributed by atoms with Gasteiger partial charge in [-0.3, -0.25) is 10.2 Å². The maximum absolute atomic E-state index is 12.0. The molecule has 110 valence electrons. The van der Waals surface area contributed by atoms with Gasteiger partial charge in [0, 0.05) is 31.1 Å². The molecule has 0 bridgehead atoms. The number of carbonyl (C=O) groups is 2. The maximum atomic E-state index is 12.0. The van der Waals surface area contributed by atoms with E-state index in [9.17, 15) is 9.59 Å². The molecule has 1 aromatic carbocycles. The molecule has 0 radical (unpaired) electrons. The average Bonchev–Trinajstić information content (AvgIpc) is 3.02. The van der Waals surface area contributed by atoms with Crippen LogP contribution in [0.3, 0.4) is 0 Å². The highest BCUT2D eigenvalue weighted by molar-refractivity contribution is 5.99. The second-order valence-corrected chi connectivity index (χ2v) is 5.01. The van der Waals surface area contributed by atoms with Gasteiger partial charge in [-0.2, -0.15) is 0 Å². The van der Waals surface area contributed by atoms with Gasteiger partial charge in [-0.05, 0) is 6.07 Å². The van der Waals surface area contributed by atoms with Crippen LogP contribution in [-0.2, 0) is 6.54 Å². The Morgan fingerprint density at radius 2 is 2.14 bits per heavy atom. The molecule has 2 heterocycles. The van der Waals surface area contributed by atoms with E-state index in [0.29, 0.717) is 30.8 Å². The van der Waals surface area contributed by atoms with Crippen LogP contribution >= 0.6 is 0 Å². The molecule has 0 atom stereocenters. The molecule has 1 aliphatic heterocycles. The van der Waals surface area contributed by atoms with Gasteiger partial charge < -0.3 is 14.2 Å². The number of amides is 3. The predicted octanol–water partition coefficient (Wildman–Crippen LogP) is 0.904. The highest BCUT2D eigenvalue weighted by Gasteiger charge is 2.29. The van der Waals surface area contributed by atoms with Gasteiger partial charge in [0.05, 0.1) is 6.54 Å². The normalized spacial score (nSPS) is 15.0. The number of rotatable bonds is 3. The Labute approximate surface area is 121 Å². The first kappa shape index (κ1) is 13.4. The second-order valence-electron chi connectivity index (χ2n) is 5.01. The monoisotopic (exact) mass is 288 g/mol. The molecule has 3 rings (SSSR count). The minimum atomic E-state index is -0.499. The Morgan fingerprint density at radius 3 is 2.81 bits per heavy atom. The number of urea groups is 1. The Balaban J connectivity index is 2.03. The topological polar surface area (TPSA) is 91.8 Å². The van der Waals surface area contributed by atoms with Crippen LogP contribution in [-0.4, -0.2) is 41.9 Å². The first-order valence-electron chi connectivity index (χ1n) is 6.63. The number of carbonyl (C=O) groups excluding carboxylic acids is 2. The molecule has 2 aromatic rings. The number of nitrogens with one attached hydrogen (secondary N) is 1. The first-order valence-corrected chi connectivity index (χ1v) is 6.63. The van der Waals surface area contributed by atoms with Crippen LogP contribution in [0.15, 0.2) is 28.7 Å². The van der Waals surface area contributed by atoms with E-state index in [1.54, 1.807) is 22.9 Å². The maximum Gasteiger partial charge on any atom is 0.320 e. The Kier molecular flexibility index (Phi) is 3.26. The van der Waals surface area contributed by atoms with Gasteiger partial charge in [-0.25, -0.2) is 10.6 Å². The largest absolute Gasteiger partial charge is 0.450 e. The molecule has 21 heavy (non-hydrogen) atoms. The van der Waals surface area contributed by atoms with E-state index in [-0.39, 0.29) is 11.8 Å². The molecule has 0 saturated carbocycles. The number of furan rings is 1. The molecule has 0 spiro atoms. The zero-order chi connectivity index (χ0) is 15.0. The molecule has 1 aromatic heterocycles. The molecule has 1 fully saturated rings. The highest BCUT2D eigenvalue weighted by Crippen LogP contribution is 2.28. The Morgan fingerprint density at radius 1 is 1.38 bits per heavy atom. The third-order valence-electron chi connectivity index (χ3n) is 3.69. The van der Waals surface area contributed by atoms with Gasteiger partial charge in [-0.15, -0.1) is 0 Å². The van der Waals surface area contributed by atoms with Crippen molar-refractivity contribution in [3.05, 3.63) is 35.6 Å². The van der Waals surface area contributed by atoms with Gasteiger partial charge in [0.2, 0.25) is 0 Å². The fourth-order valence-corrected chi connectivity index (χ4v) is 2.55. The van der Waals surface area contributed by atoms with E-state index >= 15 is 0 Å². The van der Waals surface area contributed by atoms with Crippen molar-refractivity contribution in [2.24, 2.45) is 5.84 Å². The summed E-state index contributed by atoms with van der Waals surface area (Å²) in [7, 11) is 1.75. The van der Waals surface area contributed by atoms with E-state index in [4.69, 9.17) is 10.3 Å². The van der Waals surface area contributed by atoms with Crippen molar-refractivity contribution in [3.63, 3.8) is 0 Å². The molecule has 0 unspecified atom stereocenters. The summed E-state index contributed by atoms with van der Waals surface area (Å²) >= 11 is 0. The standard InChI is InChI=1S/C14H16N4O3/c1-17-6-7-18(14(17)20)8-10-9-4-2-3-5-11(9)21-12(10)13(19)16-15/h2-5H,6-8,15H2,1H3,(H,16,19). The van der Waals surface area contributed by atoms with E-state index in [1.165, 1.54) is 0 Å². The number of hydrogen-bond donors (Lipinski definition) is 2. The van der Waals surface area contributed by atoms with Crippen LogP contribution in [0, 0.1) is 0 Å². The number of benzene rings is 1. The van der Waals surface area contributed by atoms with Crippen molar-refractivity contribution in [1.29, 1.82) is 0 Å². The van der Waals surface area contributed by atoms with Crippen LogP contribution in [0.25, 0.3) is 11.0 Å². The van der Waals surface area contributed by atoms with Crippen molar-refractivity contribution in [2.45, 2.75) is 6.54 Å². The molecular formula is C14H16N4O3. The number of para-hydroxylation sites is 1. The van der Waals surface area contributed by atoms with Gasteiger partial charge in [0.1, 0.15) is 5.58 Å². The Hall–Kier alpha value is -2.54. The summed E-state index contributed by atoms with van der Waals surface area (Å²) < 4.78 is 5.58. The fraction of sp³-hybridized carbons (Fsp3) is 0.286. The predicted molar refractivity (Wildman–Crippen MR) is 76.3 cm³/mol. The lowest BCUT2D eigenvalue weighted by atomic mass is 10.1. The summed E-state index contributed by atoms with van der Waals surface area (Å²) in [6.07, 6.45) is 0. The third kappa shape index (κ3) is 2.21. The van der Waals surface area contributed by atoms with E-state index in [1.807, 2.05) is 18.2 Å². The molecule has 7 nitrogen and oxygen atoms in total. The van der Waals surface area contributed by atoms with Crippen LogP contribution in [0.1, 0.15) is 16.1 Å².